The van der Waals surface area contributed by atoms with Gasteiger partial charge in [0.05, 0.1) is 33.7 Å². The molecule has 0 atom stereocenters. The average molecular weight is 2520 g/mol. The maximum atomic E-state index is 6.22. The second-order valence-corrected chi connectivity index (χ2v) is 32.1. The van der Waals surface area contributed by atoms with Crippen molar-refractivity contribution in [2.75, 3.05) is 0 Å². The molecule has 16 heterocycles. The van der Waals surface area contributed by atoms with E-state index < -0.39 is 0 Å². The molecule has 139 heavy (non-hydrogen) atoms. The van der Waals surface area contributed by atoms with Crippen molar-refractivity contribution in [2.24, 2.45) is 0 Å². The van der Waals surface area contributed by atoms with Gasteiger partial charge in [-0.25, -0.2) is 4.98 Å². The zero-order valence-electron chi connectivity index (χ0n) is 76.9. The summed E-state index contributed by atoms with van der Waals surface area (Å²) >= 11 is 0. The number of nitrogens with zero attached hydrogens (tertiary/aromatic N) is 12. The van der Waals surface area contributed by atoms with Crippen LogP contribution in [0.2, 0.25) is 0 Å². The van der Waals surface area contributed by atoms with E-state index in [0.29, 0.717) is 23.5 Å². The molecule has 694 valence electrons. The first-order valence-electron chi connectivity index (χ1n) is 44.4. The molecule has 24 aromatic rings. The van der Waals surface area contributed by atoms with E-state index >= 15 is 0 Å². The number of hydrogen-bond acceptors (Lipinski definition) is 16. The van der Waals surface area contributed by atoms with Crippen molar-refractivity contribution in [3.8, 4) is 90.1 Å². The van der Waals surface area contributed by atoms with E-state index in [2.05, 4.69) is 156 Å². The van der Waals surface area contributed by atoms with Gasteiger partial charge >= 0.3 is 0 Å². The first-order valence-corrected chi connectivity index (χ1v) is 44.4. The Bertz CT molecular complexity index is 7430. The Hall–Kier alpha value is -14.6. The molecular weight excluding hydrogens is 2430 g/mol. The molecule has 0 aliphatic rings. The quantitative estimate of drug-likeness (QED) is 0.110. The summed E-state index contributed by atoms with van der Waals surface area (Å²) in [4.78, 5) is 52.4. The van der Waals surface area contributed by atoms with Crippen LogP contribution in [0.5, 0.6) is 0 Å². The molecule has 16 aromatic heterocycles. The Labute approximate surface area is 862 Å². The van der Waals surface area contributed by atoms with Gasteiger partial charge in [0.2, 0.25) is 5.71 Å². The molecule has 0 bridgehead atoms. The minimum absolute atomic E-state index is 0. The Morgan fingerprint density at radius 1 is 0.223 bits per heavy atom. The number of aromatic nitrogens is 12. The van der Waals surface area contributed by atoms with Gasteiger partial charge in [0.1, 0.15) is 16.7 Å². The van der Waals surface area contributed by atoms with Crippen LogP contribution in [-0.4, -0.2) is 59.8 Å². The van der Waals surface area contributed by atoms with Gasteiger partial charge in [-0.3, -0.25) is 15.0 Å². The Morgan fingerprint density at radius 2 is 0.568 bits per heavy atom. The number of pyridine rings is 12. The number of hydrogen-bond donors (Lipinski definition) is 0. The van der Waals surface area contributed by atoms with E-state index in [4.69, 9.17) is 17.7 Å². The van der Waals surface area contributed by atoms with Crippen molar-refractivity contribution in [3.05, 3.63) is 460 Å². The molecule has 4 radical (unpaired) electrons. The molecule has 16 nitrogen and oxygen atoms in total. The number of rotatable bonds is 11. The smallest absolute Gasteiger partial charge is 0.216 e. The summed E-state index contributed by atoms with van der Waals surface area (Å²) < 4.78 is 24.5. The van der Waals surface area contributed by atoms with Gasteiger partial charge in [0.25, 0.3) is 0 Å². The molecule has 0 spiro atoms. The van der Waals surface area contributed by atoms with Crippen LogP contribution in [0.25, 0.3) is 178 Å². The third-order valence-electron chi connectivity index (χ3n) is 21.8. The maximum Gasteiger partial charge on any atom is 0.216 e. The van der Waals surface area contributed by atoms with Gasteiger partial charge in [-0.15, -0.1) is 216 Å². The largest absolute Gasteiger partial charge is 0.500 e. The number of fused-ring (bicyclic) bond motifs is 12. The summed E-state index contributed by atoms with van der Waals surface area (Å²) in [5, 5.41) is 8.53. The zero-order chi connectivity index (χ0) is 92.6. The molecule has 0 unspecified atom stereocenters. The van der Waals surface area contributed by atoms with Crippen LogP contribution in [0, 0.1) is 62.4 Å². The fraction of sp³-hybridized carbons (Fsp3) is 0.0924. The van der Waals surface area contributed by atoms with Gasteiger partial charge in [-0.2, -0.15) is 0 Å². The average Bonchev–Trinajstić information content (AvgIpc) is 1.62. The molecule has 0 aliphatic carbocycles. The van der Waals surface area contributed by atoms with Gasteiger partial charge < -0.3 is 57.5 Å². The predicted octanol–water partition coefficient (Wildman–Crippen LogP) is 29.5. The van der Waals surface area contributed by atoms with Crippen LogP contribution in [0.3, 0.4) is 0 Å². The third-order valence-corrected chi connectivity index (χ3v) is 21.8. The minimum atomic E-state index is 0. The monoisotopic (exact) mass is 2520 g/mol. The van der Waals surface area contributed by atoms with E-state index in [-0.39, 0.29) is 80.4 Å². The van der Waals surface area contributed by atoms with Crippen LogP contribution < -0.4 is 0 Å². The summed E-state index contributed by atoms with van der Waals surface area (Å²) in [5.41, 5.74) is 27.0. The van der Waals surface area contributed by atoms with E-state index in [0.717, 1.165) is 195 Å². The molecular formula is C119H90Ir4N12O4-8. The van der Waals surface area contributed by atoms with Crippen molar-refractivity contribution >= 4 is 87.9 Å². The van der Waals surface area contributed by atoms with E-state index in [1.165, 1.54) is 5.56 Å². The standard InChI is InChI=1S/3C19H15N2O.C16H9N2O.2C12H10N.2C11H8N.4Ir/c2*1-12(2)17-19-14(9-11-21-17)13-6-5-7-15(18(13)22-19)16-8-3-4-10-20-16;1-12(2)15-10-20-11-16-13-6-5-7-14(18(13)22-19(15)16)17-8-3-4-9-21-17;1-2-9-17-14(8-1)13-6-3-5-11-12-7-4-10-18-16(12)19-15(11)13;1-10-6-5-9-12(13-10)11-7-3-2-4-8-11;1-10-7-8-12(13-9-10)11-5-3-2-4-6-11;2*1-2-6-10(7-3-1)11-8-4-5-9-12-11;;;;/h3*3-6,8-12H,1-2H3;1-5,7-10H;2-7,9H,1H3;2-5,7-9H,1H3;2*1-6,8-9H;;;;/q8*-1;;;;. The number of benzene rings is 8. The first-order chi connectivity index (χ1) is 66.3. The first kappa shape index (κ1) is 102. The Morgan fingerprint density at radius 3 is 0.928 bits per heavy atom. The summed E-state index contributed by atoms with van der Waals surface area (Å²) in [6.45, 7) is 16.8. The summed E-state index contributed by atoms with van der Waals surface area (Å²) in [6, 6.07) is 126. The van der Waals surface area contributed by atoms with Gasteiger partial charge in [-0.1, -0.05) is 182 Å². The summed E-state index contributed by atoms with van der Waals surface area (Å²) in [7, 11) is 0. The maximum absolute atomic E-state index is 6.22. The van der Waals surface area contributed by atoms with E-state index in [1.807, 2.05) is 348 Å². The molecule has 0 saturated heterocycles. The Balaban J connectivity index is 0.000000135. The number of furan rings is 4. The zero-order valence-corrected chi connectivity index (χ0v) is 86.5. The third kappa shape index (κ3) is 24.9. The van der Waals surface area contributed by atoms with Crippen LogP contribution in [0.15, 0.2) is 401 Å². The SMILES string of the molecule is CC(C)c1cncc2c1oc1c(-c3ccccn3)[c-]ccc12.CC(C)c1nccc2c1oc1c(-c3ccccn3)[c-]ccc12.CC(C)c1nccc2c1oc1c(-c3ccccn3)[c-]ccc12.Cc1ccc(-c2[c-]cccc2)nc1.Cc1cccc(-c2[c-]cccc2)n1.[Ir].[Ir].[Ir].[Ir].[c-]1ccc2c(oc3ncccc32)c1-c1ccccn1.[c-]1ccccc1-c1ccccn1.[c-]1ccccc1-c1ccccn1. The molecule has 0 N–H and O–H groups in total. The van der Waals surface area contributed by atoms with Gasteiger partial charge in [-0.05, 0) is 149 Å². The predicted molar refractivity (Wildman–Crippen MR) is 540 cm³/mol. The second kappa shape index (κ2) is 49.9. The van der Waals surface area contributed by atoms with Crippen LogP contribution in [0.4, 0.5) is 0 Å². The van der Waals surface area contributed by atoms with E-state index in [9.17, 15) is 0 Å². The molecule has 20 heteroatoms. The molecule has 0 amide bonds. The molecule has 0 aliphatic heterocycles. The summed E-state index contributed by atoms with van der Waals surface area (Å²) in [6.07, 6.45) is 21.8. The topological polar surface area (TPSA) is 207 Å². The van der Waals surface area contributed by atoms with Gasteiger partial charge in [0, 0.05) is 188 Å². The van der Waals surface area contributed by atoms with Crippen molar-refractivity contribution in [3.63, 3.8) is 0 Å². The van der Waals surface area contributed by atoms with E-state index in [1.54, 1.807) is 43.4 Å². The minimum Gasteiger partial charge on any atom is -0.500 e. The molecule has 0 saturated carbocycles. The van der Waals surface area contributed by atoms with Crippen LogP contribution in [0.1, 0.15) is 87.5 Å². The fourth-order valence-corrected chi connectivity index (χ4v) is 15.2. The Kier molecular flexibility index (Phi) is 36.5. The second-order valence-electron chi connectivity index (χ2n) is 32.1. The van der Waals surface area contributed by atoms with Crippen molar-refractivity contribution in [1.29, 1.82) is 0 Å². The van der Waals surface area contributed by atoms with Crippen molar-refractivity contribution in [2.45, 2.75) is 73.1 Å². The van der Waals surface area contributed by atoms with Crippen molar-refractivity contribution in [1.82, 2.24) is 59.8 Å². The molecule has 24 rings (SSSR count). The number of aryl methyl sites for hydroxylation is 2. The van der Waals surface area contributed by atoms with Gasteiger partial charge in [0.15, 0.2) is 0 Å². The van der Waals surface area contributed by atoms with Crippen LogP contribution >= 0.6 is 0 Å². The molecule has 0 fully saturated rings. The molecule has 8 aromatic carbocycles. The van der Waals surface area contributed by atoms with Crippen molar-refractivity contribution < 1.29 is 98.1 Å². The fourth-order valence-electron chi connectivity index (χ4n) is 15.2. The summed E-state index contributed by atoms with van der Waals surface area (Å²) in [5.74, 6) is 0.983. The van der Waals surface area contributed by atoms with Crippen LogP contribution in [-0.2, 0) is 80.4 Å². The normalized spacial score (nSPS) is 10.6.